The van der Waals surface area contributed by atoms with Crippen molar-refractivity contribution in [2.45, 2.75) is 78.3 Å². The first-order chi connectivity index (χ1) is 37.5. The molecule has 0 aliphatic carbocycles. The number of aromatic hydroxyl groups is 2. The zero-order valence-corrected chi connectivity index (χ0v) is 41.8. The Bertz CT molecular complexity index is 3690. The Morgan fingerprint density at radius 3 is 1.47 bits per heavy atom. The lowest BCUT2D eigenvalue weighted by atomic mass is 9.99. The molecule has 406 valence electrons. The fourth-order valence-corrected chi connectivity index (χ4v) is 8.42. The third kappa shape index (κ3) is 12.4. The van der Waals surface area contributed by atoms with E-state index in [9.17, 15) is 89.0 Å². The van der Waals surface area contributed by atoms with Gasteiger partial charge in [0.1, 0.15) is 28.7 Å². The summed E-state index contributed by atoms with van der Waals surface area (Å²) < 4.78 is 1.76. The van der Waals surface area contributed by atoms with Gasteiger partial charge in [-0.15, -0.1) is 20.5 Å². The minimum Gasteiger partial charge on any atom is -0.503 e. The highest BCUT2D eigenvalue weighted by Gasteiger charge is 2.38. The molecule has 27 heteroatoms. The average molecular weight is 1080 g/mol. The fraction of sp³-hybridized carbons (Fsp3) is 0.269. The van der Waals surface area contributed by atoms with E-state index in [1.54, 1.807) is 6.07 Å². The number of rotatable bonds is 24. The number of hydrogen-bond acceptors (Lipinski definition) is 17. The zero-order chi connectivity index (χ0) is 58.0. The lowest BCUT2D eigenvalue weighted by Crippen LogP contribution is -2.30. The van der Waals surface area contributed by atoms with Crippen LogP contribution in [-0.2, 0) is 13.1 Å². The predicted octanol–water partition coefficient (Wildman–Crippen LogP) is 7.63. The summed E-state index contributed by atoms with van der Waals surface area (Å²) in [5.41, 5.74) is -6.87. The molecule has 79 heavy (non-hydrogen) atoms. The second kappa shape index (κ2) is 24.8. The normalized spacial score (nSPS) is 11.9. The Balaban J connectivity index is 1.02. The zero-order valence-electron chi connectivity index (χ0n) is 41.8. The smallest absolute Gasteiger partial charge is 0.337 e. The number of pyridine rings is 2. The molecule has 0 bridgehead atoms. The van der Waals surface area contributed by atoms with Gasteiger partial charge in [0.05, 0.1) is 51.1 Å². The number of nitrogens with zero attached hydrogens (tertiary/aromatic N) is 9. The number of aromatic nitrogens is 2. The van der Waals surface area contributed by atoms with Gasteiger partial charge >= 0.3 is 29.8 Å². The van der Waals surface area contributed by atoms with E-state index < -0.39 is 98.5 Å². The highest BCUT2D eigenvalue weighted by Crippen LogP contribution is 2.36. The van der Waals surface area contributed by atoms with Crippen LogP contribution in [0.15, 0.2) is 78.6 Å². The van der Waals surface area contributed by atoms with Crippen molar-refractivity contribution in [3.8, 4) is 17.8 Å². The number of carboxylic acid groups (broad SMARTS) is 5. The molecule has 0 unspecified atom stereocenters. The Labute approximate surface area is 445 Å². The first-order valence-electron chi connectivity index (χ1n) is 23.8. The molecule has 0 fully saturated rings. The van der Waals surface area contributed by atoms with E-state index in [0.29, 0.717) is 32.1 Å². The number of imide groups is 1. The van der Waals surface area contributed by atoms with Crippen LogP contribution in [0.3, 0.4) is 0 Å². The molecule has 1 aliphatic heterocycles. The molecule has 6 rings (SSSR count). The average Bonchev–Trinajstić information content (AvgIpc) is 3.73. The van der Waals surface area contributed by atoms with E-state index in [1.807, 2.05) is 0 Å². The lowest BCUT2D eigenvalue weighted by Gasteiger charge is -2.14. The number of azo groups is 2. The molecule has 0 spiro atoms. The van der Waals surface area contributed by atoms with Gasteiger partial charge < -0.3 is 41.1 Å². The van der Waals surface area contributed by atoms with Gasteiger partial charge in [0.25, 0.3) is 28.8 Å². The van der Waals surface area contributed by atoms with Crippen LogP contribution in [0.25, 0.3) is 4.85 Å². The molecule has 2 aromatic heterocycles. The van der Waals surface area contributed by atoms with Crippen LogP contribution in [0, 0.1) is 31.8 Å². The van der Waals surface area contributed by atoms with E-state index >= 15 is 0 Å². The molecule has 3 aromatic carbocycles. The third-order valence-corrected chi connectivity index (χ3v) is 12.7. The molecule has 0 saturated heterocycles. The summed E-state index contributed by atoms with van der Waals surface area (Å²) >= 11 is 0. The van der Waals surface area contributed by atoms with Gasteiger partial charge in [-0.25, -0.2) is 28.8 Å². The summed E-state index contributed by atoms with van der Waals surface area (Å²) in [5.74, 6) is -10.9. The quantitative estimate of drug-likeness (QED) is 0.0127. The van der Waals surface area contributed by atoms with E-state index in [4.69, 9.17) is 6.57 Å². The van der Waals surface area contributed by atoms with Gasteiger partial charge in [-0.1, -0.05) is 25.7 Å². The molecule has 8 N–H and O–H groups in total. The van der Waals surface area contributed by atoms with Crippen LogP contribution in [0.2, 0.25) is 0 Å². The minimum absolute atomic E-state index is 0.0297. The molecule has 5 aromatic rings. The van der Waals surface area contributed by atoms with Crippen LogP contribution in [0.4, 0.5) is 28.4 Å². The SMILES string of the molecule is [C-]#[N+]c1c(C)c(N=Nc2cc(C(=O)O)ccc2C(=O)O)c(=O)n(CCCCCCNC(=O)c2cc3c(cc2C(=O)O)C(=O)N(CCCCCCn2c(O)c(C#N)c(C)c(N=Nc4cc(C(=O)O)ccc4C(=O)O)c2=O)C3=O)c1O. The summed E-state index contributed by atoms with van der Waals surface area (Å²) in [5, 5.41) is 97.2. The molecule has 0 atom stereocenters. The van der Waals surface area contributed by atoms with Crippen molar-refractivity contribution >= 4 is 76.0 Å². The number of carbonyl (C=O) groups is 8. The summed E-state index contributed by atoms with van der Waals surface area (Å²) in [4.78, 5) is 130. The maximum Gasteiger partial charge on any atom is 0.337 e. The largest absolute Gasteiger partial charge is 0.503 e. The van der Waals surface area contributed by atoms with Crippen molar-refractivity contribution in [2.24, 2.45) is 20.5 Å². The monoisotopic (exact) mass is 1080 g/mol. The number of fused-ring (bicyclic) bond motifs is 1. The lowest BCUT2D eigenvalue weighted by molar-refractivity contribution is 0.0643. The highest BCUT2D eigenvalue weighted by atomic mass is 16.4. The minimum atomic E-state index is -1.54. The van der Waals surface area contributed by atoms with Crippen molar-refractivity contribution in [3.63, 3.8) is 0 Å². The van der Waals surface area contributed by atoms with Crippen LogP contribution >= 0.6 is 0 Å². The number of nitrogens with one attached hydrogen (secondary N) is 1. The molecule has 27 nitrogen and oxygen atoms in total. The van der Waals surface area contributed by atoms with Gasteiger partial charge in [0, 0.05) is 31.7 Å². The maximum atomic E-state index is 13.5. The second-order valence-corrected chi connectivity index (χ2v) is 17.6. The van der Waals surface area contributed by atoms with Gasteiger partial charge in [-0.05, 0) is 93.6 Å². The van der Waals surface area contributed by atoms with Gasteiger partial charge in [0.2, 0.25) is 11.6 Å². The van der Waals surface area contributed by atoms with E-state index in [2.05, 4.69) is 30.6 Å². The van der Waals surface area contributed by atoms with Crippen LogP contribution < -0.4 is 16.4 Å². The Morgan fingerprint density at radius 1 is 0.570 bits per heavy atom. The van der Waals surface area contributed by atoms with Gasteiger partial charge in [0.15, 0.2) is 11.6 Å². The van der Waals surface area contributed by atoms with Crippen molar-refractivity contribution in [3.05, 3.63) is 142 Å². The number of carboxylic acids is 5. The van der Waals surface area contributed by atoms with Crippen LogP contribution in [-0.4, -0.2) is 110 Å². The number of unbranched alkanes of at least 4 members (excludes halogenated alkanes) is 6. The van der Waals surface area contributed by atoms with Crippen molar-refractivity contribution < 1.29 is 74.1 Å². The van der Waals surface area contributed by atoms with E-state index in [1.165, 1.54) is 13.8 Å². The molecular weight excluding hydrogens is 1040 g/mol. The number of amides is 3. The maximum absolute atomic E-state index is 13.5. The second-order valence-electron chi connectivity index (χ2n) is 17.6. The topological polar surface area (TPSA) is 415 Å². The van der Waals surface area contributed by atoms with Crippen molar-refractivity contribution in [1.29, 1.82) is 5.26 Å². The summed E-state index contributed by atoms with van der Waals surface area (Å²) in [6, 6.07) is 9.79. The summed E-state index contributed by atoms with van der Waals surface area (Å²) in [6.45, 7) is 9.87. The number of benzene rings is 3. The molecule has 0 saturated carbocycles. The third-order valence-electron chi connectivity index (χ3n) is 12.7. The molecule has 0 radical (unpaired) electrons. The van der Waals surface area contributed by atoms with Crippen LogP contribution in [0.5, 0.6) is 11.8 Å². The van der Waals surface area contributed by atoms with Gasteiger partial charge in [-0.3, -0.25) is 38.0 Å². The fourth-order valence-electron chi connectivity index (χ4n) is 8.42. The van der Waals surface area contributed by atoms with Crippen molar-refractivity contribution in [2.75, 3.05) is 13.1 Å². The first-order valence-corrected chi connectivity index (χ1v) is 23.8. The molecule has 1 aliphatic rings. The van der Waals surface area contributed by atoms with Crippen molar-refractivity contribution in [1.82, 2.24) is 19.4 Å². The molecular formula is C52H46N10O17. The number of carbonyl (C=O) groups excluding carboxylic acids is 3. The van der Waals surface area contributed by atoms with Gasteiger partial charge in [-0.2, -0.15) is 5.26 Å². The first kappa shape index (κ1) is 57.6. The van der Waals surface area contributed by atoms with E-state index in [-0.39, 0.29) is 107 Å². The van der Waals surface area contributed by atoms with E-state index in [0.717, 1.165) is 62.6 Å². The molecule has 3 heterocycles. The Morgan fingerprint density at radius 2 is 1.01 bits per heavy atom. The number of hydrogen-bond donors (Lipinski definition) is 8. The summed E-state index contributed by atoms with van der Waals surface area (Å²) in [6.07, 6.45) is 2.66. The standard InChI is InChI=1S/C52H46N10O17/c1-25-35(24-53)44(66)61(46(68)39(25)58-56-36-20-27(48(70)71)12-14-29(36)50(74)75)18-11-7-6-10-17-60-42(64)32-22-31(34(52(78)79)23-33(32)43(60)65)41(63)55-16-8-4-5-9-19-62-45(67)38(54-3)26(2)40(47(62)69)59-57-37-21-28(49(72)73)13-15-30(37)51(76)77/h12-15,20-23,66-67H,4-11,16-19H2,1-2H3,(H,55,63)(H,70,71)(H,72,73)(H,74,75)(H,76,77)(H,78,79). The Kier molecular flexibility index (Phi) is 18.0. The molecule has 3 amide bonds. The highest BCUT2D eigenvalue weighted by molar-refractivity contribution is 6.23. The number of nitriles is 1. The Hall–Kier alpha value is -10.7. The van der Waals surface area contributed by atoms with Crippen LogP contribution in [0.1, 0.15) is 151 Å². The predicted molar refractivity (Wildman–Crippen MR) is 272 cm³/mol. The number of aromatic carboxylic acids is 5. The summed E-state index contributed by atoms with van der Waals surface area (Å²) in [7, 11) is 0.